The lowest BCUT2D eigenvalue weighted by molar-refractivity contribution is 0.0775. The second-order valence-corrected chi connectivity index (χ2v) is 7.16. The summed E-state index contributed by atoms with van der Waals surface area (Å²) in [6, 6.07) is 8.49. The number of carbonyl (C=O) groups is 1. The highest BCUT2D eigenvalue weighted by atomic mass is 16.2. The first kappa shape index (κ1) is 16.0. The fourth-order valence-corrected chi connectivity index (χ4v) is 2.83. The fraction of sp³-hybridized carbons (Fsp3) is 0.611. The van der Waals surface area contributed by atoms with Gasteiger partial charge in [0, 0.05) is 25.2 Å². The molecule has 1 aliphatic heterocycles. The Kier molecular flexibility index (Phi) is 5.04. The van der Waals surface area contributed by atoms with Crippen molar-refractivity contribution in [3.63, 3.8) is 0 Å². The number of benzene rings is 1. The Morgan fingerprint density at radius 1 is 1.24 bits per heavy atom. The summed E-state index contributed by atoms with van der Waals surface area (Å²) < 4.78 is 0. The smallest absolute Gasteiger partial charge is 0.253 e. The maximum absolute atomic E-state index is 12.5. The maximum Gasteiger partial charge on any atom is 0.253 e. The van der Waals surface area contributed by atoms with Gasteiger partial charge < -0.3 is 10.2 Å². The maximum atomic E-state index is 12.5. The normalized spacial score (nSPS) is 19.3. The number of rotatable bonds is 3. The summed E-state index contributed by atoms with van der Waals surface area (Å²) in [4.78, 5) is 14.3. The summed E-state index contributed by atoms with van der Waals surface area (Å²) in [5.41, 5.74) is 2.16. The Bertz CT molecular complexity index is 467. The number of nitrogens with zero attached hydrogens (tertiary/aromatic N) is 1. The molecule has 1 amide bonds. The molecule has 1 N–H and O–H groups in total. The number of piperidine rings is 1. The van der Waals surface area contributed by atoms with E-state index in [1.54, 1.807) is 0 Å². The third-order valence-electron chi connectivity index (χ3n) is 4.25. The molecule has 1 fully saturated rings. The third-order valence-corrected chi connectivity index (χ3v) is 4.25. The van der Waals surface area contributed by atoms with Crippen molar-refractivity contribution in [2.75, 3.05) is 20.1 Å². The summed E-state index contributed by atoms with van der Waals surface area (Å²) in [6.07, 6.45) is 3.68. The fourth-order valence-electron chi connectivity index (χ4n) is 2.83. The first-order chi connectivity index (χ1) is 9.88. The predicted molar refractivity (Wildman–Crippen MR) is 87.7 cm³/mol. The standard InChI is InChI=1S/C18H28N2O/c1-18(2,3)15-10-8-14(9-11-15)17(21)20(4)13-16-7-5-6-12-19-16/h8-11,16,19H,5-7,12-13H2,1-4H3. The van der Waals surface area contributed by atoms with Gasteiger partial charge in [-0.2, -0.15) is 0 Å². The topological polar surface area (TPSA) is 32.3 Å². The van der Waals surface area contributed by atoms with E-state index in [2.05, 4.69) is 38.2 Å². The lowest BCUT2D eigenvalue weighted by Gasteiger charge is -2.28. The number of amides is 1. The number of hydrogen-bond acceptors (Lipinski definition) is 2. The van der Waals surface area contributed by atoms with Crippen LogP contribution >= 0.6 is 0 Å². The molecule has 116 valence electrons. The largest absolute Gasteiger partial charge is 0.340 e. The summed E-state index contributed by atoms with van der Waals surface area (Å²) in [5.74, 6) is 0.114. The summed E-state index contributed by atoms with van der Waals surface area (Å²) in [6.45, 7) is 8.42. The van der Waals surface area contributed by atoms with E-state index in [4.69, 9.17) is 0 Å². The van der Waals surface area contributed by atoms with E-state index in [0.717, 1.165) is 18.7 Å². The van der Waals surface area contributed by atoms with Crippen LogP contribution in [0.15, 0.2) is 24.3 Å². The molecule has 0 bridgehead atoms. The zero-order valence-electron chi connectivity index (χ0n) is 13.8. The molecule has 1 unspecified atom stereocenters. The molecule has 2 rings (SSSR count). The molecule has 1 aliphatic rings. The van der Waals surface area contributed by atoms with Crippen LogP contribution in [0, 0.1) is 0 Å². The summed E-state index contributed by atoms with van der Waals surface area (Å²) in [5, 5.41) is 3.49. The molecule has 1 atom stereocenters. The van der Waals surface area contributed by atoms with Gasteiger partial charge >= 0.3 is 0 Å². The van der Waals surface area contributed by atoms with Crippen LogP contribution in [0.1, 0.15) is 56.0 Å². The lowest BCUT2D eigenvalue weighted by atomic mass is 9.86. The van der Waals surface area contributed by atoms with Crippen LogP contribution in [0.25, 0.3) is 0 Å². The van der Waals surface area contributed by atoms with Crippen molar-refractivity contribution in [3.8, 4) is 0 Å². The van der Waals surface area contributed by atoms with Crippen LogP contribution in [0.2, 0.25) is 0 Å². The minimum Gasteiger partial charge on any atom is -0.340 e. The quantitative estimate of drug-likeness (QED) is 0.926. The van der Waals surface area contributed by atoms with Gasteiger partial charge in [0.25, 0.3) is 5.91 Å². The van der Waals surface area contributed by atoms with Crippen LogP contribution in [-0.2, 0) is 5.41 Å². The van der Waals surface area contributed by atoms with Crippen molar-refractivity contribution in [2.45, 2.75) is 51.5 Å². The molecule has 0 aromatic heterocycles. The van der Waals surface area contributed by atoms with Crippen LogP contribution in [0.5, 0.6) is 0 Å². The Hall–Kier alpha value is -1.35. The van der Waals surface area contributed by atoms with Crippen molar-refractivity contribution < 1.29 is 4.79 Å². The van der Waals surface area contributed by atoms with Crippen LogP contribution in [-0.4, -0.2) is 37.0 Å². The SMILES string of the molecule is CN(CC1CCCCN1)C(=O)c1ccc(C(C)(C)C)cc1. The Morgan fingerprint density at radius 2 is 1.90 bits per heavy atom. The highest BCUT2D eigenvalue weighted by Crippen LogP contribution is 2.22. The van der Waals surface area contributed by atoms with Crippen molar-refractivity contribution in [1.82, 2.24) is 10.2 Å². The third kappa shape index (κ3) is 4.31. The number of likely N-dealkylation sites (N-methyl/N-ethyl adjacent to an activating group) is 1. The van der Waals surface area contributed by atoms with Gasteiger partial charge in [0.2, 0.25) is 0 Å². The zero-order chi connectivity index (χ0) is 15.5. The number of hydrogen-bond donors (Lipinski definition) is 1. The minimum atomic E-state index is 0.114. The highest BCUT2D eigenvalue weighted by molar-refractivity contribution is 5.94. The second kappa shape index (κ2) is 6.61. The van der Waals surface area contributed by atoms with Crippen LogP contribution < -0.4 is 5.32 Å². The average molecular weight is 288 g/mol. The monoisotopic (exact) mass is 288 g/mol. The van der Waals surface area contributed by atoms with E-state index in [1.165, 1.54) is 24.8 Å². The molecule has 0 aliphatic carbocycles. The molecule has 21 heavy (non-hydrogen) atoms. The van der Waals surface area contributed by atoms with Crippen molar-refractivity contribution >= 4 is 5.91 Å². The molecule has 1 saturated heterocycles. The summed E-state index contributed by atoms with van der Waals surface area (Å²) in [7, 11) is 1.90. The molecule has 0 spiro atoms. The first-order valence-corrected chi connectivity index (χ1v) is 7.97. The van der Waals surface area contributed by atoms with Gasteiger partial charge in [0.05, 0.1) is 0 Å². The first-order valence-electron chi connectivity index (χ1n) is 7.97. The molecule has 1 aromatic carbocycles. The van der Waals surface area contributed by atoms with Gasteiger partial charge in [-0.05, 0) is 42.5 Å². The molecule has 3 heteroatoms. The molecule has 1 heterocycles. The predicted octanol–water partition coefficient (Wildman–Crippen LogP) is 3.20. The zero-order valence-corrected chi connectivity index (χ0v) is 13.8. The van der Waals surface area contributed by atoms with Crippen molar-refractivity contribution in [3.05, 3.63) is 35.4 Å². The minimum absolute atomic E-state index is 0.114. The lowest BCUT2D eigenvalue weighted by Crippen LogP contribution is -2.44. The Morgan fingerprint density at radius 3 is 2.43 bits per heavy atom. The number of nitrogens with one attached hydrogen (secondary N) is 1. The molecule has 0 saturated carbocycles. The Balaban J connectivity index is 1.98. The average Bonchev–Trinajstić information content (AvgIpc) is 2.46. The van der Waals surface area contributed by atoms with Gasteiger partial charge in [-0.25, -0.2) is 0 Å². The van der Waals surface area contributed by atoms with Crippen molar-refractivity contribution in [2.24, 2.45) is 0 Å². The molecule has 0 radical (unpaired) electrons. The van der Waals surface area contributed by atoms with E-state index in [1.807, 2.05) is 24.1 Å². The van der Waals surface area contributed by atoms with Gasteiger partial charge in [-0.1, -0.05) is 39.3 Å². The van der Waals surface area contributed by atoms with Gasteiger partial charge in [-0.3, -0.25) is 4.79 Å². The second-order valence-electron chi connectivity index (χ2n) is 7.16. The van der Waals surface area contributed by atoms with Gasteiger partial charge in [0.15, 0.2) is 0 Å². The number of carbonyl (C=O) groups excluding carboxylic acids is 1. The van der Waals surface area contributed by atoms with Gasteiger partial charge in [-0.15, -0.1) is 0 Å². The highest BCUT2D eigenvalue weighted by Gasteiger charge is 2.19. The Labute approximate surface area is 128 Å². The van der Waals surface area contributed by atoms with Gasteiger partial charge in [0.1, 0.15) is 0 Å². The van der Waals surface area contributed by atoms with Crippen LogP contribution in [0.4, 0.5) is 0 Å². The summed E-state index contributed by atoms with van der Waals surface area (Å²) >= 11 is 0. The van der Waals surface area contributed by atoms with E-state index < -0.39 is 0 Å². The molecule has 1 aromatic rings. The van der Waals surface area contributed by atoms with E-state index in [9.17, 15) is 4.79 Å². The molecular formula is C18H28N2O. The molecular weight excluding hydrogens is 260 g/mol. The van der Waals surface area contributed by atoms with E-state index in [-0.39, 0.29) is 11.3 Å². The van der Waals surface area contributed by atoms with E-state index in [0.29, 0.717) is 6.04 Å². The van der Waals surface area contributed by atoms with Crippen LogP contribution in [0.3, 0.4) is 0 Å². The van der Waals surface area contributed by atoms with E-state index >= 15 is 0 Å². The van der Waals surface area contributed by atoms with Crippen molar-refractivity contribution in [1.29, 1.82) is 0 Å². The molecule has 3 nitrogen and oxygen atoms in total.